The summed E-state index contributed by atoms with van der Waals surface area (Å²) in [4.78, 5) is 30.2. The van der Waals surface area contributed by atoms with Crippen molar-refractivity contribution in [3.63, 3.8) is 0 Å². The van der Waals surface area contributed by atoms with Crippen LogP contribution in [-0.4, -0.2) is 27.6 Å². The minimum atomic E-state index is -0.579. The lowest BCUT2D eigenvalue weighted by Crippen LogP contribution is -2.33. The van der Waals surface area contributed by atoms with Gasteiger partial charge in [0.15, 0.2) is 0 Å². The predicted octanol–water partition coefficient (Wildman–Crippen LogP) is 2.87. The van der Waals surface area contributed by atoms with E-state index in [-0.39, 0.29) is 5.82 Å². The highest BCUT2D eigenvalue weighted by Crippen LogP contribution is 2.26. The Kier molecular flexibility index (Phi) is 5.35. The fraction of sp³-hybridized carbons (Fsp3) is 0.474. The molecule has 26 heavy (non-hydrogen) atoms. The summed E-state index contributed by atoms with van der Waals surface area (Å²) < 4.78 is 1.43. The number of unbranched alkanes of at least 4 members (excludes halogenated alkanes) is 1. The molecule has 0 bridgehead atoms. The van der Waals surface area contributed by atoms with E-state index in [1.54, 1.807) is 6.92 Å². The maximum atomic E-state index is 12.8. The van der Waals surface area contributed by atoms with Crippen LogP contribution in [0.1, 0.15) is 36.7 Å². The molecular formula is C19H24N4O3. The fourth-order valence-electron chi connectivity index (χ4n) is 3.48. The zero-order valence-corrected chi connectivity index (χ0v) is 15.3. The number of hydrogen-bond donors (Lipinski definition) is 0. The van der Waals surface area contributed by atoms with Crippen LogP contribution in [0.3, 0.4) is 0 Å². The summed E-state index contributed by atoms with van der Waals surface area (Å²) in [7, 11) is 0. The van der Waals surface area contributed by atoms with Gasteiger partial charge in [0.05, 0.1) is 4.92 Å². The maximum absolute atomic E-state index is 12.8. The van der Waals surface area contributed by atoms with Crippen molar-refractivity contribution >= 4 is 11.5 Å². The van der Waals surface area contributed by atoms with Crippen molar-refractivity contribution in [1.82, 2.24) is 9.55 Å². The lowest BCUT2D eigenvalue weighted by Gasteiger charge is -2.22. The molecule has 1 aromatic carbocycles. The molecule has 2 aromatic rings. The van der Waals surface area contributed by atoms with Gasteiger partial charge in [0.2, 0.25) is 5.82 Å². The molecule has 0 saturated carbocycles. The van der Waals surface area contributed by atoms with E-state index in [1.807, 2.05) is 24.0 Å². The highest BCUT2D eigenvalue weighted by atomic mass is 16.6. The SMILES string of the molecule is CCCCn1c(C)nc(N2CCc3ccccc3CC2)c([N+](=O)[O-])c1=O. The van der Waals surface area contributed by atoms with Crippen LogP contribution in [-0.2, 0) is 19.4 Å². The Morgan fingerprint density at radius 3 is 2.35 bits per heavy atom. The first-order valence-electron chi connectivity index (χ1n) is 9.10. The van der Waals surface area contributed by atoms with Gasteiger partial charge in [0.1, 0.15) is 5.82 Å². The molecule has 0 aliphatic carbocycles. The average molecular weight is 356 g/mol. The predicted molar refractivity (Wildman–Crippen MR) is 101 cm³/mol. The summed E-state index contributed by atoms with van der Waals surface area (Å²) in [5.74, 6) is 0.740. The van der Waals surface area contributed by atoms with Gasteiger partial charge in [-0.3, -0.25) is 19.5 Å². The van der Waals surface area contributed by atoms with Crippen molar-refractivity contribution in [3.8, 4) is 0 Å². The second kappa shape index (κ2) is 7.68. The van der Waals surface area contributed by atoms with Crippen LogP contribution >= 0.6 is 0 Å². The van der Waals surface area contributed by atoms with E-state index in [1.165, 1.54) is 15.7 Å². The highest BCUT2D eigenvalue weighted by molar-refractivity contribution is 5.57. The second-order valence-electron chi connectivity index (χ2n) is 6.65. The molecule has 7 nitrogen and oxygen atoms in total. The van der Waals surface area contributed by atoms with Crippen molar-refractivity contribution < 1.29 is 4.92 Å². The largest absolute Gasteiger partial charge is 0.376 e. The zero-order valence-electron chi connectivity index (χ0n) is 15.3. The normalized spacial score (nSPS) is 14.0. The summed E-state index contributed by atoms with van der Waals surface area (Å²) in [6.07, 6.45) is 3.27. The summed E-state index contributed by atoms with van der Waals surface area (Å²) in [6, 6.07) is 8.20. The number of fused-ring (bicyclic) bond motifs is 1. The van der Waals surface area contributed by atoms with Gasteiger partial charge in [-0.15, -0.1) is 0 Å². The van der Waals surface area contributed by atoms with Crippen molar-refractivity contribution in [2.45, 2.75) is 46.1 Å². The molecular weight excluding hydrogens is 332 g/mol. The van der Waals surface area contributed by atoms with Crippen molar-refractivity contribution in [2.75, 3.05) is 18.0 Å². The first kappa shape index (κ1) is 18.1. The minimum absolute atomic E-state index is 0.207. The van der Waals surface area contributed by atoms with Gasteiger partial charge in [-0.25, -0.2) is 4.98 Å². The van der Waals surface area contributed by atoms with Crippen LogP contribution < -0.4 is 10.5 Å². The maximum Gasteiger partial charge on any atom is 0.376 e. The first-order valence-corrected chi connectivity index (χ1v) is 9.10. The quantitative estimate of drug-likeness (QED) is 0.608. The van der Waals surface area contributed by atoms with Crippen LogP contribution in [0.4, 0.5) is 11.5 Å². The van der Waals surface area contributed by atoms with E-state index in [4.69, 9.17) is 0 Å². The lowest BCUT2D eigenvalue weighted by molar-refractivity contribution is -0.386. The summed E-state index contributed by atoms with van der Waals surface area (Å²) >= 11 is 0. The Morgan fingerprint density at radius 2 is 1.81 bits per heavy atom. The standard InChI is InChI=1S/C19H24N4O3/c1-3-4-11-22-14(2)20-18(17(19(22)24)23(25)26)21-12-9-15-7-5-6-8-16(15)10-13-21/h5-8H,3-4,9-13H2,1-2H3. The van der Waals surface area contributed by atoms with Crippen molar-refractivity contribution in [1.29, 1.82) is 0 Å². The van der Waals surface area contributed by atoms with Crippen LogP contribution in [0.15, 0.2) is 29.1 Å². The van der Waals surface area contributed by atoms with Crippen LogP contribution in [0, 0.1) is 17.0 Å². The molecule has 138 valence electrons. The van der Waals surface area contributed by atoms with Gasteiger partial charge in [0, 0.05) is 19.6 Å². The molecule has 0 unspecified atom stereocenters. The summed E-state index contributed by atoms with van der Waals surface area (Å²) in [6.45, 7) is 5.45. The Hall–Kier alpha value is -2.70. The van der Waals surface area contributed by atoms with Gasteiger partial charge in [0.25, 0.3) is 0 Å². The molecule has 0 atom stereocenters. The summed E-state index contributed by atoms with van der Waals surface area (Å²) in [5, 5.41) is 11.7. The molecule has 0 amide bonds. The number of rotatable bonds is 5. The van der Waals surface area contributed by atoms with Gasteiger partial charge in [-0.2, -0.15) is 0 Å². The van der Waals surface area contributed by atoms with Crippen LogP contribution in [0.5, 0.6) is 0 Å². The number of nitro groups is 1. The lowest BCUT2D eigenvalue weighted by atomic mass is 10.0. The molecule has 1 aliphatic heterocycles. The van der Waals surface area contributed by atoms with E-state index in [9.17, 15) is 14.9 Å². The molecule has 0 saturated heterocycles. The van der Waals surface area contributed by atoms with Crippen LogP contribution in [0.2, 0.25) is 0 Å². The topological polar surface area (TPSA) is 81.3 Å². The number of hydrogen-bond acceptors (Lipinski definition) is 5. The van der Waals surface area contributed by atoms with E-state index < -0.39 is 16.2 Å². The molecule has 0 fully saturated rings. The van der Waals surface area contributed by atoms with Gasteiger partial charge in [-0.05, 0) is 37.3 Å². The molecule has 0 spiro atoms. The number of aryl methyl sites for hydroxylation is 1. The van der Waals surface area contributed by atoms with Crippen molar-refractivity contribution in [2.24, 2.45) is 0 Å². The zero-order chi connectivity index (χ0) is 18.7. The molecule has 1 aromatic heterocycles. The van der Waals surface area contributed by atoms with E-state index in [2.05, 4.69) is 17.1 Å². The van der Waals surface area contributed by atoms with E-state index in [0.29, 0.717) is 25.5 Å². The Balaban J connectivity index is 2.00. The van der Waals surface area contributed by atoms with Crippen molar-refractivity contribution in [3.05, 3.63) is 61.7 Å². The Morgan fingerprint density at radius 1 is 1.19 bits per heavy atom. The fourth-order valence-corrected chi connectivity index (χ4v) is 3.48. The monoisotopic (exact) mass is 356 g/mol. The minimum Gasteiger partial charge on any atom is -0.350 e. The third-order valence-electron chi connectivity index (χ3n) is 4.96. The van der Waals surface area contributed by atoms with Crippen LogP contribution in [0.25, 0.3) is 0 Å². The molecule has 3 rings (SSSR count). The second-order valence-corrected chi connectivity index (χ2v) is 6.65. The Bertz CT molecular complexity index is 849. The molecule has 0 radical (unpaired) electrons. The van der Waals surface area contributed by atoms with E-state index >= 15 is 0 Å². The highest BCUT2D eigenvalue weighted by Gasteiger charge is 2.29. The van der Waals surface area contributed by atoms with Gasteiger partial charge >= 0.3 is 11.2 Å². The Labute approximate surface area is 152 Å². The first-order chi connectivity index (χ1) is 12.5. The van der Waals surface area contributed by atoms with Gasteiger partial charge in [-0.1, -0.05) is 37.6 Å². The molecule has 7 heteroatoms. The number of benzene rings is 1. The summed E-state index contributed by atoms with van der Waals surface area (Å²) in [5.41, 5.74) is 1.56. The molecule has 1 aliphatic rings. The third kappa shape index (κ3) is 3.47. The molecule has 0 N–H and O–H groups in total. The number of aromatic nitrogens is 2. The molecule has 2 heterocycles. The number of nitrogens with zero attached hydrogens (tertiary/aromatic N) is 4. The smallest absolute Gasteiger partial charge is 0.350 e. The van der Waals surface area contributed by atoms with E-state index in [0.717, 1.165) is 25.7 Å². The average Bonchev–Trinajstić information content (AvgIpc) is 2.83. The third-order valence-corrected chi connectivity index (χ3v) is 4.96. The number of anilines is 1. The van der Waals surface area contributed by atoms with Gasteiger partial charge < -0.3 is 4.90 Å².